The molecule has 0 radical (unpaired) electrons. The third-order valence-corrected chi connectivity index (χ3v) is 2.45. The molecule has 0 aromatic heterocycles. The van der Waals surface area contributed by atoms with Crippen molar-refractivity contribution in [3.63, 3.8) is 0 Å². The molecule has 0 aliphatic rings. The molecule has 17 heavy (non-hydrogen) atoms. The lowest BCUT2D eigenvalue weighted by molar-refractivity contribution is -0.125. The number of carbonyl (C=O) groups excluding carboxylic acids is 2. The van der Waals surface area contributed by atoms with E-state index < -0.39 is 11.9 Å². The van der Waals surface area contributed by atoms with Crippen molar-refractivity contribution in [2.75, 3.05) is 26.8 Å². The van der Waals surface area contributed by atoms with Crippen molar-refractivity contribution in [3.8, 4) is 0 Å². The van der Waals surface area contributed by atoms with Gasteiger partial charge in [-0.3, -0.25) is 9.59 Å². The van der Waals surface area contributed by atoms with Gasteiger partial charge >= 0.3 is 0 Å². The van der Waals surface area contributed by atoms with E-state index in [2.05, 4.69) is 5.32 Å². The van der Waals surface area contributed by atoms with Crippen molar-refractivity contribution in [3.05, 3.63) is 0 Å². The third-order valence-electron chi connectivity index (χ3n) is 2.45. The Balaban J connectivity index is 3.97. The number of amides is 2. The molecule has 0 aliphatic carbocycles. The molecule has 0 saturated carbocycles. The number of nitrogens with one attached hydrogen (secondary N) is 1. The van der Waals surface area contributed by atoms with Crippen LogP contribution in [0.2, 0.25) is 0 Å². The zero-order chi connectivity index (χ0) is 13.3. The van der Waals surface area contributed by atoms with Crippen LogP contribution < -0.4 is 22.5 Å². The Labute approximate surface area is 101 Å². The van der Waals surface area contributed by atoms with Crippen LogP contribution in [0.5, 0.6) is 0 Å². The summed E-state index contributed by atoms with van der Waals surface area (Å²) in [5.74, 6) is -1.07. The number of hydrogen-bond donors (Lipinski definition) is 4. The summed E-state index contributed by atoms with van der Waals surface area (Å²) < 4.78 is 4.81. The predicted molar refractivity (Wildman–Crippen MR) is 63.8 cm³/mol. The Morgan fingerprint density at radius 2 is 2.00 bits per heavy atom. The fourth-order valence-corrected chi connectivity index (χ4v) is 1.30. The van der Waals surface area contributed by atoms with E-state index in [1.54, 1.807) is 7.11 Å². The average Bonchev–Trinajstić information content (AvgIpc) is 2.29. The first-order chi connectivity index (χ1) is 8.02. The molecule has 0 fully saturated rings. The van der Waals surface area contributed by atoms with Gasteiger partial charge in [0.05, 0.1) is 18.6 Å². The molecule has 0 spiro atoms. The van der Waals surface area contributed by atoms with Crippen molar-refractivity contribution in [1.82, 2.24) is 5.32 Å². The fourth-order valence-electron chi connectivity index (χ4n) is 1.30. The van der Waals surface area contributed by atoms with Crippen molar-refractivity contribution in [1.29, 1.82) is 0 Å². The minimum absolute atomic E-state index is 0.152. The monoisotopic (exact) mass is 246 g/mol. The Morgan fingerprint density at radius 3 is 2.47 bits per heavy atom. The number of hydrogen-bond acceptors (Lipinski definition) is 5. The highest BCUT2D eigenvalue weighted by molar-refractivity contribution is 5.80. The molecule has 7 nitrogen and oxygen atoms in total. The molecule has 2 atom stereocenters. The van der Waals surface area contributed by atoms with Gasteiger partial charge in [-0.2, -0.15) is 0 Å². The molecule has 100 valence electrons. The summed E-state index contributed by atoms with van der Waals surface area (Å²) in [6.07, 6.45) is 0.800. The second kappa shape index (κ2) is 8.91. The van der Waals surface area contributed by atoms with Crippen LogP contribution in [0.4, 0.5) is 0 Å². The van der Waals surface area contributed by atoms with Crippen molar-refractivity contribution in [2.45, 2.75) is 18.9 Å². The summed E-state index contributed by atoms with van der Waals surface area (Å²) in [4.78, 5) is 22.4. The number of methoxy groups -OCH3 is 1. The fraction of sp³-hybridized carbons (Fsp3) is 0.800. The number of carbonyl (C=O) groups is 2. The minimum atomic E-state index is -0.726. The smallest absolute Gasteiger partial charge is 0.234 e. The third kappa shape index (κ3) is 6.88. The molecule has 7 N–H and O–H groups in total. The van der Waals surface area contributed by atoms with Crippen LogP contribution in [0.15, 0.2) is 0 Å². The lowest BCUT2D eigenvalue weighted by Crippen LogP contribution is -2.40. The van der Waals surface area contributed by atoms with Gasteiger partial charge in [-0.05, 0) is 12.8 Å². The molecule has 1 unspecified atom stereocenters. The Kier molecular flexibility index (Phi) is 8.29. The number of ether oxygens (including phenoxy) is 1. The van der Waals surface area contributed by atoms with Gasteiger partial charge in [0.15, 0.2) is 0 Å². The van der Waals surface area contributed by atoms with Crippen molar-refractivity contribution >= 4 is 11.8 Å². The van der Waals surface area contributed by atoms with E-state index in [1.807, 2.05) is 0 Å². The molecule has 0 heterocycles. The van der Waals surface area contributed by atoms with Gasteiger partial charge in [0.1, 0.15) is 0 Å². The summed E-state index contributed by atoms with van der Waals surface area (Å²) in [5.41, 5.74) is 16.0. The Morgan fingerprint density at radius 1 is 1.35 bits per heavy atom. The largest absolute Gasteiger partial charge is 0.383 e. The van der Waals surface area contributed by atoms with Crippen molar-refractivity contribution < 1.29 is 14.3 Å². The van der Waals surface area contributed by atoms with Crippen LogP contribution in [-0.4, -0.2) is 44.7 Å². The minimum Gasteiger partial charge on any atom is -0.383 e. The van der Waals surface area contributed by atoms with Crippen LogP contribution in [0.3, 0.4) is 0 Å². The second-order valence-electron chi connectivity index (χ2n) is 3.80. The maximum absolute atomic E-state index is 11.6. The van der Waals surface area contributed by atoms with Gasteiger partial charge in [-0.25, -0.2) is 0 Å². The van der Waals surface area contributed by atoms with Gasteiger partial charge in [0.2, 0.25) is 11.8 Å². The molecule has 0 rings (SSSR count). The van der Waals surface area contributed by atoms with Crippen LogP contribution in [0.1, 0.15) is 12.8 Å². The van der Waals surface area contributed by atoms with E-state index >= 15 is 0 Å². The highest BCUT2D eigenvalue weighted by Crippen LogP contribution is 2.06. The summed E-state index contributed by atoms with van der Waals surface area (Å²) in [6.45, 7) is 1.10. The van der Waals surface area contributed by atoms with E-state index in [4.69, 9.17) is 21.9 Å². The first kappa shape index (κ1) is 15.8. The lowest BCUT2D eigenvalue weighted by Gasteiger charge is -2.16. The number of nitrogens with two attached hydrogens (primary N) is 3. The van der Waals surface area contributed by atoms with Gasteiger partial charge in [0.25, 0.3) is 0 Å². The normalized spacial score (nSPS) is 14.1. The maximum Gasteiger partial charge on any atom is 0.234 e. The van der Waals surface area contributed by atoms with E-state index in [0.29, 0.717) is 26.0 Å². The molecule has 0 aliphatic heterocycles. The van der Waals surface area contributed by atoms with Crippen molar-refractivity contribution in [2.24, 2.45) is 23.1 Å². The summed E-state index contributed by atoms with van der Waals surface area (Å²) in [6, 6.07) is -0.726. The first-order valence-electron chi connectivity index (χ1n) is 5.54. The van der Waals surface area contributed by atoms with Crippen LogP contribution >= 0.6 is 0 Å². The molecule has 2 amide bonds. The Hall–Kier alpha value is -1.18. The topological polar surface area (TPSA) is 133 Å². The molecular weight excluding hydrogens is 224 g/mol. The highest BCUT2D eigenvalue weighted by Gasteiger charge is 2.19. The zero-order valence-electron chi connectivity index (χ0n) is 10.1. The summed E-state index contributed by atoms with van der Waals surface area (Å²) in [7, 11) is 1.55. The number of primary amides is 1. The standard InChI is InChI=1S/C10H22N4O3/c1-17-5-4-14-10(16)7(6-11)2-3-8(12)9(13)15/h7-8H,2-6,11-12H2,1H3,(H2,13,15)(H,14,16)/t7?,8-/m1/s1. The van der Waals surface area contributed by atoms with Crippen LogP contribution in [-0.2, 0) is 14.3 Å². The van der Waals surface area contributed by atoms with E-state index in [-0.39, 0.29) is 18.4 Å². The predicted octanol–water partition coefficient (Wildman–Crippen LogP) is -2.08. The number of rotatable bonds is 9. The van der Waals surface area contributed by atoms with Gasteiger partial charge in [-0.1, -0.05) is 0 Å². The quantitative estimate of drug-likeness (QED) is 0.346. The summed E-state index contributed by atoms with van der Waals surface area (Å²) >= 11 is 0. The van der Waals surface area contributed by atoms with Crippen LogP contribution in [0, 0.1) is 5.92 Å². The second-order valence-corrected chi connectivity index (χ2v) is 3.80. The Bertz CT molecular complexity index is 248. The molecule has 7 heteroatoms. The van der Waals surface area contributed by atoms with E-state index in [0.717, 1.165) is 0 Å². The molecular formula is C10H22N4O3. The van der Waals surface area contributed by atoms with Gasteiger partial charge in [0, 0.05) is 20.2 Å². The highest BCUT2D eigenvalue weighted by atomic mass is 16.5. The van der Waals surface area contributed by atoms with E-state index in [9.17, 15) is 9.59 Å². The molecule has 0 aromatic rings. The van der Waals surface area contributed by atoms with Crippen LogP contribution in [0.25, 0.3) is 0 Å². The lowest BCUT2D eigenvalue weighted by atomic mass is 9.99. The maximum atomic E-state index is 11.6. The first-order valence-corrected chi connectivity index (χ1v) is 5.54. The van der Waals surface area contributed by atoms with Gasteiger partial charge < -0.3 is 27.3 Å². The molecule has 0 aromatic carbocycles. The van der Waals surface area contributed by atoms with E-state index in [1.165, 1.54) is 0 Å². The zero-order valence-corrected chi connectivity index (χ0v) is 10.1. The average molecular weight is 246 g/mol. The van der Waals surface area contributed by atoms with Gasteiger partial charge in [-0.15, -0.1) is 0 Å². The summed E-state index contributed by atoms with van der Waals surface area (Å²) in [5, 5.41) is 2.69. The molecule has 0 saturated heterocycles. The SMILES string of the molecule is COCCNC(=O)C(CN)CC[C@@H](N)C(N)=O. The molecule has 0 bridgehead atoms.